The molecule has 178 valence electrons. The van der Waals surface area contributed by atoms with Crippen LogP contribution in [-0.2, 0) is 44.7 Å². The molecule has 0 heterocycles. The molecule has 2 N–H and O–H groups in total. The summed E-state index contributed by atoms with van der Waals surface area (Å²) >= 11 is 0. The van der Waals surface area contributed by atoms with Crippen LogP contribution in [-0.4, -0.2) is 81.7 Å². The van der Waals surface area contributed by atoms with E-state index < -0.39 is 23.8 Å². The lowest BCUT2D eigenvalue weighted by molar-refractivity contribution is -0.151. The monoisotopic (exact) mass is 455 g/mol. The van der Waals surface area contributed by atoms with Crippen LogP contribution >= 0.6 is 0 Å². The molecule has 1 rings (SSSR count). The Kier molecular flexibility index (Phi) is 14.9. The molecule has 0 aliphatic carbocycles. The summed E-state index contributed by atoms with van der Waals surface area (Å²) in [5.41, 5.74) is 0.909. The van der Waals surface area contributed by atoms with Crippen molar-refractivity contribution >= 4 is 23.8 Å². The topological polar surface area (TPSA) is 147 Å². The Bertz CT molecular complexity index is 695. The van der Waals surface area contributed by atoms with Gasteiger partial charge in [0.05, 0.1) is 46.1 Å². The number of benzene rings is 1. The van der Waals surface area contributed by atoms with Gasteiger partial charge in [0.15, 0.2) is 0 Å². The molecule has 11 heteroatoms. The van der Waals surface area contributed by atoms with Crippen LogP contribution in [0, 0.1) is 0 Å². The zero-order valence-corrected chi connectivity index (χ0v) is 17.8. The van der Waals surface area contributed by atoms with Crippen LogP contribution in [0.25, 0.3) is 0 Å². The van der Waals surface area contributed by atoms with Crippen molar-refractivity contribution in [2.75, 3.05) is 52.8 Å². The first-order valence-electron chi connectivity index (χ1n) is 10.1. The van der Waals surface area contributed by atoms with E-state index in [1.807, 2.05) is 30.3 Å². The van der Waals surface area contributed by atoms with Crippen LogP contribution in [0.5, 0.6) is 0 Å². The van der Waals surface area contributed by atoms with E-state index in [4.69, 9.17) is 28.8 Å². The highest BCUT2D eigenvalue weighted by Crippen LogP contribution is 2.00. The molecule has 0 radical (unpaired) electrons. The number of hydrogen-bond acceptors (Lipinski definition) is 9. The molecule has 1 amide bonds. The van der Waals surface area contributed by atoms with Crippen molar-refractivity contribution in [3.8, 4) is 0 Å². The van der Waals surface area contributed by atoms with Gasteiger partial charge in [0, 0.05) is 13.0 Å². The minimum absolute atomic E-state index is 0.00396. The quantitative estimate of drug-likeness (QED) is 0.186. The normalized spacial score (nSPS) is 10.4. The number of carbonyl (C=O) groups excluding carboxylic acids is 3. The number of carbonyl (C=O) groups is 4. The number of hydrogen-bond donors (Lipinski definition) is 2. The first-order valence-corrected chi connectivity index (χ1v) is 10.1. The molecule has 1 aromatic carbocycles. The highest BCUT2D eigenvalue weighted by atomic mass is 16.6. The number of amides is 1. The van der Waals surface area contributed by atoms with Gasteiger partial charge in [-0.15, -0.1) is 0 Å². The Morgan fingerprint density at radius 1 is 0.750 bits per heavy atom. The predicted octanol–water partition coefficient (Wildman–Crippen LogP) is 0.940. The molecule has 0 bridgehead atoms. The van der Waals surface area contributed by atoms with Crippen molar-refractivity contribution in [1.82, 2.24) is 5.32 Å². The van der Waals surface area contributed by atoms with Crippen molar-refractivity contribution in [3.05, 3.63) is 35.9 Å². The van der Waals surface area contributed by atoms with Crippen molar-refractivity contribution in [3.63, 3.8) is 0 Å². The summed E-state index contributed by atoms with van der Waals surface area (Å²) in [6.45, 7) is 2.35. The van der Waals surface area contributed by atoms with Crippen molar-refractivity contribution < 1.29 is 48.0 Å². The largest absolute Gasteiger partial charge is 0.476 e. The van der Waals surface area contributed by atoms with Gasteiger partial charge in [-0.3, -0.25) is 9.59 Å². The summed E-state index contributed by atoms with van der Waals surface area (Å²) in [6, 6.07) is 9.37. The Morgan fingerprint density at radius 3 is 1.97 bits per heavy atom. The molecule has 0 unspecified atom stereocenters. The van der Waals surface area contributed by atoms with E-state index in [0.29, 0.717) is 39.6 Å². The van der Waals surface area contributed by atoms with Gasteiger partial charge < -0.3 is 34.1 Å². The first-order chi connectivity index (χ1) is 15.5. The number of aliphatic carboxylic acids is 1. The minimum Gasteiger partial charge on any atom is -0.476 e. The second-order valence-corrected chi connectivity index (χ2v) is 6.27. The molecule has 0 fully saturated rings. The van der Waals surface area contributed by atoms with E-state index in [2.05, 4.69) is 5.32 Å². The molecule has 0 aliphatic heterocycles. The fourth-order valence-electron chi connectivity index (χ4n) is 2.15. The molecule has 0 saturated heterocycles. The van der Waals surface area contributed by atoms with Crippen molar-refractivity contribution in [2.24, 2.45) is 0 Å². The molecule has 0 saturated carbocycles. The molecule has 0 aliphatic rings. The summed E-state index contributed by atoms with van der Waals surface area (Å²) in [6.07, 6.45) is -1.18. The van der Waals surface area contributed by atoms with Gasteiger partial charge >= 0.3 is 18.0 Å². The number of ether oxygens (including phenoxy) is 5. The number of carboxylic acid groups (broad SMARTS) is 1. The number of alkyl carbamates (subject to hydrolysis) is 1. The van der Waals surface area contributed by atoms with Crippen LogP contribution in [0.2, 0.25) is 0 Å². The number of carboxylic acids is 1. The lowest BCUT2D eigenvalue weighted by Gasteiger charge is -2.09. The summed E-state index contributed by atoms with van der Waals surface area (Å²) in [4.78, 5) is 44.0. The van der Waals surface area contributed by atoms with E-state index in [1.165, 1.54) is 0 Å². The molecule has 1 aromatic rings. The summed E-state index contributed by atoms with van der Waals surface area (Å²) in [7, 11) is 0. The molecule has 32 heavy (non-hydrogen) atoms. The Hall–Kier alpha value is -3.02. The molecular formula is C21H29NO10. The maximum Gasteiger partial charge on any atom is 0.407 e. The van der Waals surface area contributed by atoms with Gasteiger partial charge in [-0.25, -0.2) is 9.59 Å². The third-order valence-electron chi connectivity index (χ3n) is 3.76. The van der Waals surface area contributed by atoms with E-state index >= 15 is 0 Å². The van der Waals surface area contributed by atoms with Crippen LogP contribution in [0.4, 0.5) is 4.79 Å². The maximum atomic E-state index is 11.5. The van der Waals surface area contributed by atoms with Gasteiger partial charge in [-0.1, -0.05) is 30.3 Å². The average molecular weight is 455 g/mol. The van der Waals surface area contributed by atoms with E-state index in [1.54, 1.807) is 0 Å². The molecule has 0 atom stereocenters. The zero-order valence-electron chi connectivity index (χ0n) is 17.8. The summed E-state index contributed by atoms with van der Waals surface area (Å²) in [5.74, 6) is -3.25. The summed E-state index contributed by atoms with van der Waals surface area (Å²) in [5, 5.41) is 11.0. The maximum absolute atomic E-state index is 11.5. The number of nitrogens with one attached hydrogen (secondary N) is 1. The lowest BCUT2D eigenvalue weighted by atomic mass is 10.2. The number of ketones is 1. The number of Topliss-reactive ketones (excluding diaryl/α,β-unsaturated/α-hetero) is 1. The van der Waals surface area contributed by atoms with Gasteiger partial charge in [-0.05, 0) is 5.56 Å². The molecule has 0 spiro atoms. The zero-order chi connectivity index (χ0) is 23.4. The lowest BCUT2D eigenvalue weighted by Crippen LogP contribution is -2.28. The Morgan fingerprint density at radius 2 is 1.34 bits per heavy atom. The van der Waals surface area contributed by atoms with Gasteiger partial charge in [0.1, 0.15) is 13.2 Å². The van der Waals surface area contributed by atoms with Gasteiger partial charge in [0.25, 0.3) is 0 Å². The summed E-state index contributed by atoms with van der Waals surface area (Å²) < 4.78 is 25.7. The van der Waals surface area contributed by atoms with E-state index in [-0.39, 0.29) is 32.7 Å². The van der Waals surface area contributed by atoms with E-state index in [0.717, 1.165) is 5.56 Å². The highest BCUT2D eigenvalue weighted by molar-refractivity contribution is 6.32. The van der Waals surface area contributed by atoms with E-state index in [9.17, 15) is 19.2 Å². The highest BCUT2D eigenvalue weighted by Gasteiger charge is 2.14. The first kappa shape index (κ1) is 27.0. The SMILES string of the molecule is O=C(CCC(=O)C(=O)O)OCCOCCOCCOCCNC(=O)OCc1ccccc1. The third-order valence-corrected chi connectivity index (χ3v) is 3.76. The smallest absolute Gasteiger partial charge is 0.407 e. The van der Waals surface area contributed by atoms with Crippen LogP contribution < -0.4 is 5.32 Å². The van der Waals surface area contributed by atoms with Crippen molar-refractivity contribution in [1.29, 1.82) is 0 Å². The standard InChI is InChI=1S/C21H29NO10/c23-18(20(25)26)6-7-19(24)31-15-14-30-13-12-29-11-10-28-9-8-22-21(27)32-16-17-4-2-1-3-5-17/h1-5H,6-16H2,(H,22,27)(H,25,26). The third kappa shape index (κ3) is 14.9. The van der Waals surface area contributed by atoms with Crippen LogP contribution in [0.3, 0.4) is 0 Å². The number of esters is 1. The molecular weight excluding hydrogens is 426 g/mol. The van der Waals surface area contributed by atoms with Gasteiger partial charge in [-0.2, -0.15) is 0 Å². The minimum atomic E-state index is -1.57. The second kappa shape index (κ2) is 17.6. The van der Waals surface area contributed by atoms with Crippen molar-refractivity contribution in [2.45, 2.75) is 19.4 Å². The average Bonchev–Trinajstić information content (AvgIpc) is 2.79. The fraction of sp³-hybridized carbons (Fsp3) is 0.524. The molecule has 0 aromatic heterocycles. The predicted molar refractivity (Wildman–Crippen MR) is 110 cm³/mol. The van der Waals surface area contributed by atoms with Crippen LogP contribution in [0.15, 0.2) is 30.3 Å². The van der Waals surface area contributed by atoms with Gasteiger partial charge in [0.2, 0.25) is 5.78 Å². The molecule has 11 nitrogen and oxygen atoms in total. The Balaban J connectivity index is 1.81. The fourth-order valence-corrected chi connectivity index (χ4v) is 2.15. The second-order valence-electron chi connectivity index (χ2n) is 6.27. The Labute approximate surface area is 185 Å². The number of rotatable bonds is 18. The van der Waals surface area contributed by atoms with Crippen LogP contribution in [0.1, 0.15) is 18.4 Å².